The first-order valence-electron chi connectivity index (χ1n) is 7.17. The molecule has 0 spiro atoms. The molecule has 1 saturated carbocycles. The largest absolute Gasteiger partial charge is 0.339 e. The van der Waals surface area contributed by atoms with Gasteiger partial charge in [0.15, 0.2) is 5.82 Å². The van der Waals surface area contributed by atoms with Gasteiger partial charge in [-0.1, -0.05) is 38.8 Å². The second-order valence-electron chi connectivity index (χ2n) is 6.02. The zero-order valence-electron chi connectivity index (χ0n) is 11.8. The average Bonchev–Trinajstić information content (AvgIpc) is 2.79. The Balaban J connectivity index is 2.13. The van der Waals surface area contributed by atoms with Crippen molar-refractivity contribution < 1.29 is 4.52 Å². The molecule has 1 aromatic heterocycles. The van der Waals surface area contributed by atoms with Crippen LogP contribution >= 0.6 is 0 Å². The van der Waals surface area contributed by atoms with Crippen LogP contribution in [0.3, 0.4) is 0 Å². The first-order valence-corrected chi connectivity index (χ1v) is 7.17. The summed E-state index contributed by atoms with van der Waals surface area (Å²) in [4.78, 5) is 4.49. The smallest absolute Gasteiger partial charge is 0.226 e. The van der Waals surface area contributed by atoms with Gasteiger partial charge in [0.1, 0.15) is 0 Å². The van der Waals surface area contributed by atoms with Gasteiger partial charge in [0.25, 0.3) is 0 Å². The Morgan fingerprint density at radius 2 is 2.28 bits per heavy atom. The fraction of sp³-hybridized carbons (Fsp3) is 0.857. The molecule has 0 radical (unpaired) electrons. The fourth-order valence-electron chi connectivity index (χ4n) is 2.90. The van der Waals surface area contributed by atoms with E-state index in [-0.39, 0.29) is 5.54 Å². The molecule has 1 aromatic rings. The van der Waals surface area contributed by atoms with Gasteiger partial charge in [-0.25, -0.2) is 0 Å². The van der Waals surface area contributed by atoms with Crippen LogP contribution in [-0.4, -0.2) is 10.1 Å². The van der Waals surface area contributed by atoms with E-state index < -0.39 is 0 Å². The summed E-state index contributed by atoms with van der Waals surface area (Å²) in [6, 6.07) is 0. The van der Waals surface area contributed by atoms with Gasteiger partial charge in [-0.3, -0.25) is 0 Å². The highest BCUT2D eigenvalue weighted by molar-refractivity contribution is 5.06. The summed E-state index contributed by atoms with van der Waals surface area (Å²) in [5.74, 6) is 2.80. The molecule has 1 heterocycles. The lowest BCUT2D eigenvalue weighted by atomic mass is 9.72. The number of rotatable bonds is 4. The molecule has 4 nitrogen and oxygen atoms in total. The Labute approximate surface area is 109 Å². The lowest BCUT2D eigenvalue weighted by molar-refractivity contribution is 0.173. The number of aromatic nitrogens is 2. The highest BCUT2D eigenvalue weighted by Crippen LogP contribution is 2.39. The maximum atomic E-state index is 6.53. The molecule has 2 atom stereocenters. The summed E-state index contributed by atoms with van der Waals surface area (Å²) in [5, 5.41) is 4.11. The molecule has 0 saturated heterocycles. The Bertz CT molecular complexity index is 388. The van der Waals surface area contributed by atoms with Gasteiger partial charge in [-0.05, 0) is 31.1 Å². The quantitative estimate of drug-likeness (QED) is 0.893. The molecule has 1 fully saturated rings. The summed E-state index contributed by atoms with van der Waals surface area (Å²) in [6.45, 7) is 6.65. The molecule has 1 aliphatic carbocycles. The summed E-state index contributed by atoms with van der Waals surface area (Å²) in [7, 11) is 0. The van der Waals surface area contributed by atoms with Crippen LogP contribution in [0.2, 0.25) is 0 Å². The van der Waals surface area contributed by atoms with Crippen LogP contribution in [0.15, 0.2) is 4.52 Å². The average molecular weight is 251 g/mol. The third kappa shape index (κ3) is 2.74. The van der Waals surface area contributed by atoms with E-state index in [4.69, 9.17) is 10.3 Å². The molecule has 0 amide bonds. The van der Waals surface area contributed by atoms with Gasteiger partial charge >= 0.3 is 0 Å². The number of nitrogens with two attached hydrogens (primary N) is 1. The van der Waals surface area contributed by atoms with Crippen molar-refractivity contribution in [1.82, 2.24) is 10.1 Å². The SMILES string of the molecule is CCCc1nc(C2(N)CCCC(C(C)C)C2)no1. The van der Waals surface area contributed by atoms with Crippen LogP contribution in [-0.2, 0) is 12.0 Å². The molecular weight excluding hydrogens is 226 g/mol. The monoisotopic (exact) mass is 251 g/mol. The second-order valence-corrected chi connectivity index (χ2v) is 6.02. The summed E-state index contributed by atoms with van der Waals surface area (Å²) < 4.78 is 5.28. The third-order valence-electron chi connectivity index (χ3n) is 4.14. The molecule has 18 heavy (non-hydrogen) atoms. The Morgan fingerprint density at radius 3 is 2.94 bits per heavy atom. The van der Waals surface area contributed by atoms with Crippen LogP contribution in [0.5, 0.6) is 0 Å². The van der Waals surface area contributed by atoms with Crippen molar-refractivity contribution in [3.05, 3.63) is 11.7 Å². The van der Waals surface area contributed by atoms with Crippen LogP contribution in [0.25, 0.3) is 0 Å². The lowest BCUT2D eigenvalue weighted by Gasteiger charge is -2.37. The van der Waals surface area contributed by atoms with Gasteiger partial charge in [0.05, 0.1) is 5.54 Å². The molecule has 0 aromatic carbocycles. The number of aryl methyl sites for hydroxylation is 1. The van der Waals surface area contributed by atoms with Gasteiger partial charge in [-0.15, -0.1) is 0 Å². The van der Waals surface area contributed by atoms with E-state index in [1.807, 2.05) is 0 Å². The van der Waals surface area contributed by atoms with E-state index in [0.717, 1.165) is 43.8 Å². The Hall–Kier alpha value is -0.900. The normalized spacial score (nSPS) is 28.8. The zero-order valence-corrected chi connectivity index (χ0v) is 11.8. The molecule has 4 heteroatoms. The zero-order chi connectivity index (χ0) is 13.2. The molecular formula is C14H25N3O. The highest BCUT2D eigenvalue weighted by atomic mass is 16.5. The van der Waals surface area contributed by atoms with Gasteiger partial charge < -0.3 is 10.3 Å². The van der Waals surface area contributed by atoms with Gasteiger partial charge in [-0.2, -0.15) is 4.98 Å². The van der Waals surface area contributed by atoms with Crippen molar-refractivity contribution in [3.63, 3.8) is 0 Å². The van der Waals surface area contributed by atoms with Crippen molar-refractivity contribution in [2.24, 2.45) is 17.6 Å². The van der Waals surface area contributed by atoms with Crippen molar-refractivity contribution in [2.75, 3.05) is 0 Å². The van der Waals surface area contributed by atoms with Crippen LogP contribution in [0.1, 0.15) is 64.6 Å². The standard InChI is InChI=1S/C14H25N3O/c1-4-6-12-16-13(17-18-12)14(15)8-5-7-11(9-14)10(2)3/h10-11H,4-9,15H2,1-3H3. The van der Waals surface area contributed by atoms with E-state index >= 15 is 0 Å². The molecule has 2 unspecified atom stereocenters. The van der Waals surface area contributed by atoms with E-state index in [1.165, 1.54) is 6.42 Å². The second kappa shape index (κ2) is 5.39. The van der Waals surface area contributed by atoms with Crippen LogP contribution < -0.4 is 5.73 Å². The molecule has 1 aliphatic rings. The van der Waals surface area contributed by atoms with Crippen molar-refractivity contribution in [1.29, 1.82) is 0 Å². The third-order valence-corrected chi connectivity index (χ3v) is 4.14. The van der Waals surface area contributed by atoms with Crippen LogP contribution in [0.4, 0.5) is 0 Å². The number of nitrogens with zero attached hydrogens (tertiary/aromatic N) is 2. The van der Waals surface area contributed by atoms with Crippen LogP contribution in [0, 0.1) is 11.8 Å². The molecule has 2 rings (SSSR count). The Morgan fingerprint density at radius 1 is 1.50 bits per heavy atom. The number of hydrogen-bond donors (Lipinski definition) is 1. The van der Waals surface area contributed by atoms with E-state index in [2.05, 4.69) is 30.9 Å². The van der Waals surface area contributed by atoms with Gasteiger partial charge in [0.2, 0.25) is 5.89 Å². The molecule has 2 N–H and O–H groups in total. The summed E-state index contributed by atoms with van der Waals surface area (Å²) in [6.07, 6.45) is 6.26. The fourth-order valence-corrected chi connectivity index (χ4v) is 2.90. The summed E-state index contributed by atoms with van der Waals surface area (Å²) >= 11 is 0. The van der Waals surface area contributed by atoms with Crippen molar-refractivity contribution in [3.8, 4) is 0 Å². The minimum Gasteiger partial charge on any atom is -0.339 e. The predicted octanol–water partition coefficient (Wildman–Crippen LogP) is 3.02. The lowest BCUT2D eigenvalue weighted by Crippen LogP contribution is -2.43. The van der Waals surface area contributed by atoms with Crippen molar-refractivity contribution in [2.45, 2.75) is 64.8 Å². The number of hydrogen-bond acceptors (Lipinski definition) is 4. The molecule has 0 bridgehead atoms. The van der Waals surface area contributed by atoms with E-state index in [0.29, 0.717) is 11.8 Å². The molecule has 0 aliphatic heterocycles. The maximum Gasteiger partial charge on any atom is 0.226 e. The predicted molar refractivity (Wildman–Crippen MR) is 71.0 cm³/mol. The van der Waals surface area contributed by atoms with E-state index in [9.17, 15) is 0 Å². The topological polar surface area (TPSA) is 64.9 Å². The van der Waals surface area contributed by atoms with Crippen molar-refractivity contribution >= 4 is 0 Å². The minimum absolute atomic E-state index is 0.372. The van der Waals surface area contributed by atoms with E-state index in [1.54, 1.807) is 0 Å². The van der Waals surface area contributed by atoms with Gasteiger partial charge in [0, 0.05) is 6.42 Å². The first kappa shape index (κ1) is 13.5. The summed E-state index contributed by atoms with van der Waals surface area (Å²) in [5.41, 5.74) is 6.16. The molecule has 102 valence electrons. The Kier molecular flexibility index (Phi) is 4.05. The highest BCUT2D eigenvalue weighted by Gasteiger charge is 2.39. The first-order chi connectivity index (χ1) is 8.55. The minimum atomic E-state index is -0.372. The maximum absolute atomic E-state index is 6.53.